The Morgan fingerprint density at radius 1 is 1.07 bits per heavy atom. The third kappa shape index (κ3) is 3.15. The fourth-order valence-electron chi connectivity index (χ4n) is 4.22. The maximum absolute atomic E-state index is 14.7. The summed E-state index contributed by atoms with van der Waals surface area (Å²) in [6.45, 7) is 4.23. The minimum atomic E-state index is -0.154. The smallest absolute Gasteiger partial charge is 0.254 e. The van der Waals surface area contributed by atoms with E-state index in [1.165, 1.54) is 0 Å². The Hall–Kier alpha value is -2.24. The first-order valence-electron chi connectivity index (χ1n) is 9.72. The molecule has 1 amide bonds. The van der Waals surface area contributed by atoms with Crippen LogP contribution in [0.25, 0.3) is 11.1 Å². The van der Waals surface area contributed by atoms with Gasteiger partial charge in [-0.15, -0.1) is 0 Å². The summed E-state index contributed by atoms with van der Waals surface area (Å²) >= 11 is 0. The molecule has 1 saturated carbocycles. The molecule has 0 atom stereocenters. The average Bonchev–Trinajstić information content (AvgIpc) is 3.34. The highest BCUT2D eigenvalue weighted by Gasteiger charge is 2.38. The number of rotatable bonds is 4. The van der Waals surface area contributed by atoms with Crippen LogP contribution >= 0.6 is 0 Å². The number of amides is 1. The zero-order valence-corrected chi connectivity index (χ0v) is 15.6. The number of benzene rings is 2. The molecule has 0 aromatic heterocycles. The van der Waals surface area contributed by atoms with Crippen molar-refractivity contribution in [3.8, 4) is 11.1 Å². The molecule has 4 nitrogen and oxygen atoms in total. The lowest BCUT2D eigenvalue weighted by molar-refractivity contribution is 0.0766. The maximum Gasteiger partial charge on any atom is 0.254 e. The molecule has 140 valence electrons. The minimum absolute atomic E-state index is 0.149. The molecule has 2 heterocycles. The first kappa shape index (κ1) is 16.9. The lowest BCUT2D eigenvalue weighted by atomic mass is 9.99. The minimum Gasteiger partial charge on any atom is -0.331 e. The van der Waals surface area contributed by atoms with Crippen LogP contribution in [-0.4, -0.2) is 53.5 Å². The first-order valence-corrected chi connectivity index (χ1v) is 9.72. The molecular formula is C22H24FN3O. The molecule has 5 heteroatoms. The van der Waals surface area contributed by atoms with Crippen molar-refractivity contribution in [1.29, 1.82) is 0 Å². The highest BCUT2D eigenvalue weighted by Crippen LogP contribution is 2.36. The molecule has 2 aromatic carbocycles. The van der Waals surface area contributed by atoms with Crippen LogP contribution in [0.3, 0.4) is 0 Å². The second kappa shape index (κ2) is 6.43. The lowest BCUT2D eigenvalue weighted by Crippen LogP contribution is -2.25. The van der Waals surface area contributed by atoms with Crippen LogP contribution in [0.5, 0.6) is 0 Å². The fraction of sp³-hybridized carbons (Fsp3) is 0.409. The van der Waals surface area contributed by atoms with Gasteiger partial charge in [0.15, 0.2) is 0 Å². The van der Waals surface area contributed by atoms with Gasteiger partial charge in [0.05, 0.1) is 6.67 Å². The molecule has 0 unspecified atom stereocenters. The molecule has 3 aliphatic rings. The van der Waals surface area contributed by atoms with Gasteiger partial charge in [-0.1, -0.05) is 18.2 Å². The van der Waals surface area contributed by atoms with Crippen molar-refractivity contribution in [1.82, 2.24) is 14.7 Å². The average molecular weight is 365 g/mol. The summed E-state index contributed by atoms with van der Waals surface area (Å²) in [4.78, 5) is 18.9. The summed E-state index contributed by atoms with van der Waals surface area (Å²) in [5.74, 6) is -0.00519. The fourth-order valence-corrected chi connectivity index (χ4v) is 4.22. The summed E-state index contributed by atoms with van der Waals surface area (Å²) in [6.07, 6.45) is 2.23. The molecule has 2 aliphatic heterocycles. The Morgan fingerprint density at radius 3 is 2.56 bits per heavy atom. The topological polar surface area (TPSA) is 26.8 Å². The van der Waals surface area contributed by atoms with Crippen LogP contribution in [0.4, 0.5) is 4.39 Å². The zero-order chi connectivity index (χ0) is 18.5. The van der Waals surface area contributed by atoms with Gasteiger partial charge in [0.25, 0.3) is 5.91 Å². The zero-order valence-electron chi connectivity index (χ0n) is 15.6. The third-order valence-electron chi connectivity index (χ3n) is 5.94. The number of carbonyl (C=O) groups is 1. The predicted octanol–water partition coefficient (Wildman–Crippen LogP) is 3.32. The first-order chi connectivity index (χ1) is 13.1. The molecule has 0 bridgehead atoms. The standard InChI is InChI=1S/C22H24FN3O/c1-24-8-9-25(14-24)12-17-3-2-16(11-21(17)23)15-4-7-20-18(10-15)13-26(22(20)27)19-5-6-19/h2-4,7,10-11,19H,5-6,8-9,12-14H2,1H3. The van der Waals surface area contributed by atoms with E-state index in [0.717, 1.165) is 60.4 Å². The highest BCUT2D eigenvalue weighted by atomic mass is 19.1. The van der Waals surface area contributed by atoms with Crippen molar-refractivity contribution in [3.63, 3.8) is 0 Å². The van der Waals surface area contributed by atoms with Crippen molar-refractivity contribution in [2.75, 3.05) is 26.8 Å². The molecule has 0 radical (unpaired) electrons. The Balaban J connectivity index is 1.37. The van der Waals surface area contributed by atoms with E-state index in [1.807, 2.05) is 29.2 Å². The molecule has 0 N–H and O–H groups in total. The van der Waals surface area contributed by atoms with Crippen LogP contribution in [0.1, 0.15) is 34.3 Å². The number of carbonyl (C=O) groups excluding carboxylic acids is 1. The van der Waals surface area contributed by atoms with Crippen LogP contribution in [-0.2, 0) is 13.1 Å². The van der Waals surface area contributed by atoms with Crippen molar-refractivity contribution in [2.24, 2.45) is 0 Å². The van der Waals surface area contributed by atoms with E-state index >= 15 is 0 Å². The highest BCUT2D eigenvalue weighted by molar-refractivity contribution is 5.99. The van der Waals surface area contributed by atoms with E-state index in [9.17, 15) is 9.18 Å². The van der Waals surface area contributed by atoms with Gasteiger partial charge in [0, 0.05) is 43.3 Å². The van der Waals surface area contributed by atoms with Crippen LogP contribution in [0, 0.1) is 5.82 Å². The monoisotopic (exact) mass is 365 g/mol. The Labute approximate surface area is 159 Å². The van der Waals surface area contributed by atoms with Gasteiger partial charge >= 0.3 is 0 Å². The van der Waals surface area contributed by atoms with Gasteiger partial charge in [-0.25, -0.2) is 4.39 Å². The van der Waals surface area contributed by atoms with E-state index in [2.05, 4.69) is 22.9 Å². The number of nitrogens with zero attached hydrogens (tertiary/aromatic N) is 3. The van der Waals surface area contributed by atoms with Gasteiger partial charge in [0.2, 0.25) is 0 Å². The number of halogens is 1. The summed E-state index contributed by atoms with van der Waals surface area (Å²) in [7, 11) is 2.09. The largest absolute Gasteiger partial charge is 0.331 e. The van der Waals surface area contributed by atoms with E-state index in [4.69, 9.17) is 0 Å². The van der Waals surface area contributed by atoms with Gasteiger partial charge in [-0.3, -0.25) is 14.6 Å². The molecule has 1 saturated heterocycles. The van der Waals surface area contributed by atoms with Crippen LogP contribution in [0.2, 0.25) is 0 Å². The molecular weight excluding hydrogens is 341 g/mol. The molecule has 0 spiro atoms. The summed E-state index contributed by atoms with van der Waals surface area (Å²) in [5, 5.41) is 0. The van der Waals surface area contributed by atoms with E-state index in [1.54, 1.807) is 6.07 Å². The van der Waals surface area contributed by atoms with Crippen LogP contribution in [0.15, 0.2) is 36.4 Å². The second-order valence-corrected chi connectivity index (χ2v) is 8.12. The SMILES string of the molecule is CN1CCN(Cc2ccc(-c3ccc4c(c3)CN(C3CC3)C4=O)cc2F)C1. The second-order valence-electron chi connectivity index (χ2n) is 8.12. The van der Waals surface area contributed by atoms with Crippen LogP contribution < -0.4 is 0 Å². The summed E-state index contributed by atoms with van der Waals surface area (Å²) in [5.41, 5.74) is 4.46. The van der Waals surface area contributed by atoms with Gasteiger partial charge < -0.3 is 4.90 Å². The Morgan fingerprint density at radius 2 is 1.85 bits per heavy atom. The van der Waals surface area contributed by atoms with Crippen molar-refractivity contribution < 1.29 is 9.18 Å². The van der Waals surface area contributed by atoms with Crippen molar-refractivity contribution >= 4 is 5.91 Å². The van der Waals surface area contributed by atoms with Crippen molar-refractivity contribution in [3.05, 3.63) is 58.9 Å². The molecule has 27 heavy (non-hydrogen) atoms. The third-order valence-corrected chi connectivity index (χ3v) is 5.94. The molecule has 5 rings (SSSR count). The predicted molar refractivity (Wildman–Crippen MR) is 103 cm³/mol. The summed E-state index contributed by atoms with van der Waals surface area (Å²) in [6, 6.07) is 11.9. The molecule has 2 aromatic rings. The Bertz CT molecular complexity index is 908. The molecule has 1 aliphatic carbocycles. The lowest BCUT2D eigenvalue weighted by Gasteiger charge is -2.16. The van der Waals surface area contributed by atoms with Crippen molar-refractivity contribution in [2.45, 2.75) is 32.0 Å². The van der Waals surface area contributed by atoms with Gasteiger partial charge in [-0.2, -0.15) is 0 Å². The normalized spacial score (nSPS) is 20.5. The van der Waals surface area contributed by atoms with E-state index < -0.39 is 0 Å². The molecule has 2 fully saturated rings. The summed E-state index contributed by atoms with van der Waals surface area (Å²) < 4.78 is 14.7. The van der Waals surface area contributed by atoms with E-state index in [0.29, 0.717) is 19.1 Å². The van der Waals surface area contributed by atoms with Gasteiger partial charge in [-0.05, 0) is 54.8 Å². The van der Waals surface area contributed by atoms with Gasteiger partial charge in [0.1, 0.15) is 5.82 Å². The number of fused-ring (bicyclic) bond motifs is 1. The van der Waals surface area contributed by atoms with E-state index in [-0.39, 0.29) is 11.7 Å². The Kier molecular flexibility index (Phi) is 4.02. The number of hydrogen-bond acceptors (Lipinski definition) is 3. The maximum atomic E-state index is 14.7. The quantitative estimate of drug-likeness (QED) is 0.832. The number of hydrogen-bond donors (Lipinski definition) is 0. The number of likely N-dealkylation sites (N-methyl/N-ethyl adjacent to an activating group) is 1.